The van der Waals surface area contributed by atoms with Gasteiger partial charge >= 0.3 is 7.12 Å². The van der Waals surface area contributed by atoms with Crippen molar-refractivity contribution in [1.29, 1.82) is 0 Å². The molecule has 5 rings (SSSR count). The molecule has 1 aromatic heterocycles. The summed E-state index contributed by atoms with van der Waals surface area (Å²) in [5.41, 5.74) is 4.70. The Balaban J connectivity index is 1.42. The zero-order valence-corrected chi connectivity index (χ0v) is 21.0. The van der Waals surface area contributed by atoms with Crippen LogP contribution in [0.25, 0.3) is 22.5 Å². The summed E-state index contributed by atoms with van der Waals surface area (Å²) in [4.78, 5) is 20.2. The van der Waals surface area contributed by atoms with Gasteiger partial charge in [-0.1, -0.05) is 36.4 Å². The molecule has 1 saturated heterocycles. The van der Waals surface area contributed by atoms with Gasteiger partial charge < -0.3 is 19.0 Å². The number of benzene rings is 2. The van der Waals surface area contributed by atoms with Gasteiger partial charge in [-0.15, -0.1) is 0 Å². The second-order valence-corrected chi connectivity index (χ2v) is 10.9. The van der Waals surface area contributed by atoms with E-state index in [-0.39, 0.29) is 5.56 Å². The quantitative estimate of drug-likeness (QED) is 0.569. The van der Waals surface area contributed by atoms with E-state index in [2.05, 4.69) is 11.1 Å². The zero-order chi connectivity index (χ0) is 24.1. The van der Waals surface area contributed by atoms with Gasteiger partial charge in [0.2, 0.25) is 0 Å². The van der Waals surface area contributed by atoms with Crippen LogP contribution in [-0.2, 0) is 21.5 Å². The minimum absolute atomic E-state index is 0.0284. The average molecular weight is 476 g/mol. The van der Waals surface area contributed by atoms with Gasteiger partial charge in [0, 0.05) is 22.3 Å². The summed E-state index contributed by atoms with van der Waals surface area (Å²) < 4.78 is 18.1. The van der Waals surface area contributed by atoms with Gasteiger partial charge in [0.1, 0.15) is 11.6 Å². The first-order chi connectivity index (χ1) is 16.2. The first kappa shape index (κ1) is 23.2. The Kier molecular flexibility index (Phi) is 5.86. The predicted octanol–water partition coefficient (Wildman–Crippen LogP) is 4.20. The van der Waals surface area contributed by atoms with Gasteiger partial charge in [-0.3, -0.25) is 4.79 Å². The molecule has 8 heteroatoms. The molecular formula is C26H29BN2O4S. The molecular weight excluding hydrogens is 447 g/mol. The lowest BCUT2D eigenvalue weighted by molar-refractivity contribution is 0.00578. The number of ether oxygens (including phenoxy) is 1. The van der Waals surface area contributed by atoms with E-state index in [1.165, 1.54) is 0 Å². The number of hydrogen-bond acceptors (Lipinski definition) is 6. The molecule has 0 saturated carbocycles. The minimum Gasteiger partial charge on any atom is -0.497 e. The van der Waals surface area contributed by atoms with Crippen molar-refractivity contribution in [2.24, 2.45) is 0 Å². The van der Waals surface area contributed by atoms with Crippen LogP contribution < -0.4 is 15.8 Å². The van der Waals surface area contributed by atoms with Gasteiger partial charge in [-0.25, -0.2) is 4.98 Å². The van der Waals surface area contributed by atoms with Crippen molar-refractivity contribution in [3.05, 3.63) is 64.1 Å². The van der Waals surface area contributed by atoms with E-state index in [1.807, 2.05) is 64.1 Å². The SMILES string of the molecule is COc1cc(-c2ccc(-c3nc4c(c(=O)[nH]3)CSCC4)cc2)ccc1B1OC(C)(C)C(C)(C)O1. The molecule has 0 aliphatic carbocycles. The molecule has 2 aromatic carbocycles. The van der Waals surface area contributed by atoms with Crippen LogP contribution in [0.1, 0.15) is 39.0 Å². The molecule has 176 valence electrons. The summed E-state index contributed by atoms with van der Waals surface area (Å²) in [6.45, 7) is 8.16. The van der Waals surface area contributed by atoms with Gasteiger partial charge in [-0.2, -0.15) is 11.8 Å². The van der Waals surface area contributed by atoms with Crippen LogP contribution in [0.4, 0.5) is 0 Å². The van der Waals surface area contributed by atoms with E-state index in [9.17, 15) is 4.79 Å². The van der Waals surface area contributed by atoms with Crippen LogP contribution in [0.15, 0.2) is 47.3 Å². The van der Waals surface area contributed by atoms with Crippen LogP contribution in [0, 0.1) is 0 Å². The van der Waals surface area contributed by atoms with Crippen molar-refractivity contribution in [3.8, 4) is 28.3 Å². The van der Waals surface area contributed by atoms with E-state index in [0.717, 1.165) is 57.1 Å². The number of aromatic amines is 1. The highest BCUT2D eigenvalue weighted by molar-refractivity contribution is 7.98. The fourth-order valence-corrected chi connectivity index (χ4v) is 5.24. The highest BCUT2D eigenvalue weighted by atomic mass is 32.2. The maximum Gasteiger partial charge on any atom is 0.498 e. The Bertz CT molecular complexity index is 1270. The first-order valence-corrected chi connectivity index (χ1v) is 12.7. The monoisotopic (exact) mass is 476 g/mol. The summed E-state index contributed by atoms with van der Waals surface area (Å²) in [6, 6.07) is 14.1. The van der Waals surface area contributed by atoms with Crippen LogP contribution in [0.3, 0.4) is 0 Å². The molecule has 3 aromatic rings. The molecule has 2 aliphatic heterocycles. The summed E-state index contributed by atoms with van der Waals surface area (Å²) in [5.74, 6) is 3.08. The zero-order valence-electron chi connectivity index (χ0n) is 20.2. The molecule has 6 nitrogen and oxygen atoms in total. The van der Waals surface area contributed by atoms with Crippen molar-refractivity contribution in [2.45, 2.75) is 51.1 Å². The second-order valence-electron chi connectivity index (χ2n) is 9.76. The molecule has 0 radical (unpaired) electrons. The normalized spacial score (nSPS) is 18.6. The smallest absolute Gasteiger partial charge is 0.497 e. The molecule has 0 atom stereocenters. The maximum absolute atomic E-state index is 12.5. The number of thioether (sulfide) groups is 1. The fourth-order valence-electron chi connectivity index (χ4n) is 4.26. The number of hydrogen-bond donors (Lipinski definition) is 1. The standard InChI is InChI=1S/C26H29BN2O4S/c1-25(2)26(3,4)33-27(32-25)20-11-10-18(14-22(20)31-5)16-6-8-17(9-7-16)23-28-21-12-13-34-15-19(21)24(30)29-23/h6-11,14H,12-13,15H2,1-5H3,(H,28,29,30). The molecule has 0 spiro atoms. The van der Waals surface area contributed by atoms with E-state index in [0.29, 0.717) is 5.82 Å². The van der Waals surface area contributed by atoms with Crippen molar-refractivity contribution >= 4 is 24.3 Å². The van der Waals surface area contributed by atoms with Crippen molar-refractivity contribution in [3.63, 3.8) is 0 Å². The molecule has 3 heterocycles. The van der Waals surface area contributed by atoms with Crippen LogP contribution in [0.5, 0.6) is 5.75 Å². The lowest BCUT2D eigenvalue weighted by Gasteiger charge is -2.32. The van der Waals surface area contributed by atoms with Gasteiger partial charge in [0.05, 0.1) is 24.0 Å². The summed E-state index contributed by atoms with van der Waals surface area (Å²) in [5, 5.41) is 0. The Labute approximate surface area is 204 Å². The third-order valence-electron chi connectivity index (χ3n) is 7.06. The maximum atomic E-state index is 12.5. The second kappa shape index (κ2) is 8.59. The summed E-state index contributed by atoms with van der Waals surface area (Å²) in [7, 11) is 1.18. The van der Waals surface area contributed by atoms with Gasteiger partial charge in [0.25, 0.3) is 5.56 Å². The molecule has 0 bridgehead atoms. The predicted molar refractivity (Wildman–Crippen MR) is 138 cm³/mol. The number of nitrogens with one attached hydrogen (secondary N) is 1. The number of methoxy groups -OCH3 is 1. The van der Waals surface area contributed by atoms with Gasteiger partial charge in [0.15, 0.2) is 0 Å². The Morgan fingerprint density at radius 1 is 1.00 bits per heavy atom. The Hall–Kier alpha value is -2.55. The lowest BCUT2D eigenvalue weighted by atomic mass is 9.77. The topological polar surface area (TPSA) is 73.4 Å². The minimum atomic E-state index is -0.485. The summed E-state index contributed by atoms with van der Waals surface area (Å²) >= 11 is 1.78. The van der Waals surface area contributed by atoms with Crippen molar-refractivity contribution < 1.29 is 14.0 Å². The van der Waals surface area contributed by atoms with E-state index >= 15 is 0 Å². The van der Waals surface area contributed by atoms with Crippen molar-refractivity contribution in [1.82, 2.24) is 9.97 Å². The Morgan fingerprint density at radius 2 is 1.65 bits per heavy atom. The number of aromatic nitrogens is 2. The highest BCUT2D eigenvalue weighted by Gasteiger charge is 2.52. The number of H-pyrrole nitrogens is 1. The number of aryl methyl sites for hydroxylation is 1. The van der Waals surface area contributed by atoms with Crippen LogP contribution >= 0.6 is 11.8 Å². The molecule has 34 heavy (non-hydrogen) atoms. The number of rotatable bonds is 4. The van der Waals surface area contributed by atoms with E-state index in [4.69, 9.17) is 19.0 Å². The van der Waals surface area contributed by atoms with Crippen molar-refractivity contribution in [2.75, 3.05) is 12.9 Å². The molecule has 0 unspecified atom stereocenters. The third-order valence-corrected chi connectivity index (χ3v) is 8.05. The van der Waals surface area contributed by atoms with E-state index in [1.54, 1.807) is 18.9 Å². The van der Waals surface area contributed by atoms with E-state index < -0.39 is 18.3 Å². The highest BCUT2D eigenvalue weighted by Crippen LogP contribution is 2.37. The first-order valence-electron chi connectivity index (χ1n) is 11.5. The number of nitrogens with zero attached hydrogens (tertiary/aromatic N) is 1. The molecule has 1 N–H and O–H groups in total. The Morgan fingerprint density at radius 3 is 2.32 bits per heavy atom. The van der Waals surface area contributed by atoms with Crippen LogP contribution in [0.2, 0.25) is 0 Å². The fraction of sp³-hybridized carbons (Fsp3) is 0.385. The average Bonchev–Trinajstić information content (AvgIpc) is 3.05. The summed E-state index contributed by atoms with van der Waals surface area (Å²) in [6.07, 6.45) is 0.837. The number of fused-ring (bicyclic) bond motifs is 1. The lowest BCUT2D eigenvalue weighted by Crippen LogP contribution is -2.41. The van der Waals surface area contributed by atoms with Crippen LogP contribution in [-0.4, -0.2) is 41.2 Å². The molecule has 0 amide bonds. The third kappa shape index (κ3) is 4.08. The molecule has 1 fully saturated rings. The largest absolute Gasteiger partial charge is 0.498 e. The van der Waals surface area contributed by atoms with Gasteiger partial charge in [-0.05, 0) is 57.1 Å². The molecule has 2 aliphatic rings.